The summed E-state index contributed by atoms with van der Waals surface area (Å²) in [7, 11) is 0. The van der Waals surface area contributed by atoms with Gasteiger partial charge >= 0.3 is 0 Å². The summed E-state index contributed by atoms with van der Waals surface area (Å²) in [5.41, 5.74) is 0. The van der Waals surface area contributed by atoms with Gasteiger partial charge in [-0.2, -0.15) is 5.26 Å². The molecule has 0 aromatic carbocycles. The van der Waals surface area contributed by atoms with Crippen LogP contribution in [-0.4, -0.2) is 29.3 Å². The molecule has 2 rings (SSSR count). The first-order valence-electron chi connectivity index (χ1n) is 6.48. The number of ketones is 1. The molecule has 0 bridgehead atoms. The predicted octanol–water partition coefficient (Wildman–Crippen LogP) is 2.27. The molecule has 1 atom stereocenters. The van der Waals surface area contributed by atoms with E-state index in [-0.39, 0.29) is 6.04 Å². The van der Waals surface area contributed by atoms with Gasteiger partial charge in [-0.15, -0.1) is 0 Å². The van der Waals surface area contributed by atoms with E-state index in [4.69, 9.17) is 5.26 Å². The molecule has 3 nitrogen and oxygen atoms in total. The second kappa shape index (κ2) is 5.45. The van der Waals surface area contributed by atoms with Crippen LogP contribution < -0.4 is 0 Å². The second-order valence-electron chi connectivity index (χ2n) is 4.96. The average Bonchev–Trinajstić information content (AvgIpc) is 3.09. The lowest BCUT2D eigenvalue weighted by atomic mass is 10.1. The molecule has 0 heterocycles. The van der Waals surface area contributed by atoms with E-state index in [0.29, 0.717) is 18.2 Å². The van der Waals surface area contributed by atoms with Gasteiger partial charge in [0.25, 0.3) is 0 Å². The van der Waals surface area contributed by atoms with Crippen LogP contribution >= 0.6 is 0 Å². The number of nitrogens with zero attached hydrogens (tertiary/aromatic N) is 2. The van der Waals surface area contributed by atoms with E-state index < -0.39 is 0 Å². The maximum absolute atomic E-state index is 12.0. The van der Waals surface area contributed by atoms with Crippen molar-refractivity contribution in [2.75, 3.05) is 6.54 Å². The molecule has 2 fully saturated rings. The summed E-state index contributed by atoms with van der Waals surface area (Å²) in [4.78, 5) is 14.3. The van der Waals surface area contributed by atoms with Crippen LogP contribution in [0.3, 0.4) is 0 Å². The lowest BCUT2D eigenvalue weighted by Crippen LogP contribution is -2.42. The van der Waals surface area contributed by atoms with E-state index in [9.17, 15) is 4.79 Å². The monoisotopic (exact) mass is 220 g/mol. The molecule has 2 aliphatic carbocycles. The van der Waals surface area contributed by atoms with Crippen molar-refractivity contribution < 1.29 is 4.79 Å². The zero-order chi connectivity index (χ0) is 11.4. The van der Waals surface area contributed by atoms with E-state index in [1.807, 2.05) is 0 Å². The fourth-order valence-corrected chi connectivity index (χ4v) is 2.67. The molecular weight excluding hydrogens is 200 g/mol. The van der Waals surface area contributed by atoms with E-state index in [1.165, 1.54) is 25.7 Å². The third-order valence-corrected chi connectivity index (χ3v) is 3.67. The summed E-state index contributed by atoms with van der Waals surface area (Å²) in [6.45, 7) is 0.789. The number of carbonyl (C=O) groups excluding carboxylic acids is 1. The summed E-state index contributed by atoms with van der Waals surface area (Å²) in [6.07, 6.45) is 8.18. The third-order valence-electron chi connectivity index (χ3n) is 3.67. The first-order chi connectivity index (χ1) is 7.83. The first kappa shape index (κ1) is 11.6. The highest BCUT2D eigenvalue weighted by molar-refractivity contribution is 5.84. The smallest absolute Gasteiger partial charge is 0.149 e. The van der Waals surface area contributed by atoms with Gasteiger partial charge in [0, 0.05) is 25.4 Å². The Balaban J connectivity index is 1.99. The van der Waals surface area contributed by atoms with Crippen molar-refractivity contribution in [3.63, 3.8) is 0 Å². The summed E-state index contributed by atoms with van der Waals surface area (Å²) in [5, 5.41) is 8.68. The van der Waals surface area contributed by atoms with Gasteiger partial charge in [-0.1, -0.05) is 12.8 Å². The minimum Gasteiger partial charge on any atom is -0.298 e. The molecule has 0 radical (unpaired) electrons. The summed E-state index contributed by atoms with van der Waals surface area (Å²) >= 11 is 0. The standard InChI is InChI=1S/C13H20N2O/c14-9-4-10-15(11-7-8-11)12-5-2-1-3-6-13(12)16/h11-12H,1-8,10H2. The molecule has 0 spiro atoms. The van der Waals surface area contributed by atoms with E-state index >= 15 is 0 Å². The maximum atomic E-state index is 12.0. The Labute approximate surface area is 97.4 Å². The molecule has 0 aromatic heterocycles. The Bertz CT molecular complexity index is 291. The highest BCUT2D eigenvalue weighted by Gasteiger charge is 2.36. The zero-order valence-electron chi connectivity index (χ0n) is 9.82. The molecule has 3 heteroatoms. The van der Waals surface area contributed by atoms with Crippen molar-refractivity contribution in [3.8, 4) is 6.07 Å². The number of carbonyl (C=O) groups is 1. The van der Waals surface area contributed by atoms with E-state index in [2.05, 4.69) is 11.0 Å². The van der Waals surface area contributed by atoms with E-state index in [0.717, 1.165) is 25.8 Å². The second-order valence-corrected chi connectivity index (χ2v) is 4.96. The molecule has 0 saturated heterocycles. The van der Waals surface area contributed by atoms with Gasteiger partial charge in [-0.05, 0) is 25.7 Å². The molecule has 0 N–H and O–H groups in total. The maximum Gasteiger partial charge on any atom is 0.149 e. The highest BCUT2D eigenvalue weighted by Crippen LogP contribution is 2.32. The van der Waals surface area contributed by atoms with Crippen molar-refractivity contribution in [2.45, 2.75) is 63.5 Å². The number of Topliss-reactive ketones (excluding diaryl/α,β-unsaturated/α-hetero) is 1. The van der Waals surface area contributed by atoms with Gasteiger partial charge in [-0.25, -0.2) is 0 Å². The molecule has 1 unspecified atom stereocenters. The third kappa shape index (κ3) is 2.82. The molecular formula is C13H20N2O. The Morgan fingerprint density at radius 3 is 2.75 bits per heavy atom. The minimum absolute atomic E-state index is 0.128. The normalized spacial score (nSPS) is 26.5. The van der Waals surface area contributed by atoms with Gasteiger partial charge in [-0.3, -0.25) is 9.69 Å². The summed E-state index contributed by atoms with van der Waals surface area (Å²) in [5.74, 6) is 0.419. The van der Waals surface area contributed by atoms with Gasteiger partial charge < -0.3 is 0 Å². The lowest BCUT2D eigenvalue weighted by molar-refractivity contribution is -0.124. The van der Waals surface area contributed by atoms with Crippen LogP contribution in [0.5, 0.6) is 0 Å². The lowest BCUT2D eigenvalue weighted by Gasteiger charge is -2.29. The van der Waals surface area contributed by atoms with Crippen molar-refractivity contribution in [2.24, 2.45) is 0 Å². The van der Waals surface area contributed by atoms with Gasteiger partial charge in [0.1, 0.15) is 5.78 Å². The fourth-order valence-electron chi connectivity index (χ4n) is 2.67. The topological polar surface area (TPSA) is 44.1 Å². The predicted molar refractivity (Wildman–Crippen MR) is 61.8 cm³/mol. The van der Waals surface area contributed by atoms with Crippen LogP contribution in [0.1, 0.15) is 51.4 Å². The van der Waals surface area contributed by atoms with Gasteiger partial charge in [0.2, 0.25) is 0 Å². The number of hydrogen-bond acceptors (Lipinski definition) is 3. The number of nitriles is 1. The minimum atomic E-state index is 0.128. The van der Waals surface area contributed by atoms with Gasteiger partial charge in [0.15, 0.2) is 0 Å². The van der Waals surface area contributed by atoms with Crippen LogP contribution in [0.25, 0.3) is 0 Å². The summed E-state index contributed by atoms with van der Waals surface area (Å²) in [6, 6.07) is 2.92. The molecule has 2 aliphatic rings. The Morgan fingerprint density at radius 2 is 2.06 bits per heavy atom. The number of rotatable bonds is 4. The quantitative estimate of drug-likeness (QED) is 0.683. The van der Waals surface area contributed by atoms with Crippen LogP contribution in [0.4, 0.5) is 0 Å². The van der Waals surface area contributed by atoms with Crippen LogP contribution in [0.15, 0.2) is 0 Å². The van der Waals surface area contributed by atoms with Crippen LogP contribution in [0.2, 0.25) is 0 Å². The van der Waals surface area contributed by atoms with E-state index in [1.54, 1.807) is 0 Å². The Kier molecular flexibility index (Phi) is 3.95. The average molecular weight is 220 g/mol. The highest BCUT2D eigenvalue weighted by atomic mass is 16.1. The molecule has 16 heavy (non-hydrogen) atoms. The summed E-state index contributed by atoms with van der Waals surface area (Å²) < 4.78 is 0. The molecule has 2 saturated carbocycles. The Hall–Kier alpha value is -0.880. The fraction of sp³-hybridized carbons (Fsp3) is 0.846. The molecule has 0 aliphatic heterocycles. The zero-order valence-corrected chi connectivity index (χ0v) is 9.82. The van der Waals surface area contributed by atoms with Crippen molar-refractivity contribution in [3.05, 3.63) is 0 Å². The number of hydrogen-bond donors (Lipinski definition) is 0. The van der Waals surface area contributed by atoms with Gasteiger partial charge in [0.05, 0.1) is 12.1 Å². The largest absolute Gasteiger partial charge is 0.298 e. The van der Waals surface area contributed by atoms with Crippen molar-refractivity contribution >= 4 is 5.78 Å². The Morgan fingerprint density at radius 1 is 1.25 bits per heavy atom. The first-order valence-corrected chi connectivity index (χ1v) is 6.48. The SMILES string of the molecule is N#CCCN(C1CC1)C1CCCCCC1=O. The van der Waals surface area contributed by atoms with Crippen LogP contribution in [0, 0.1) is 11.3 Å². The van der Waals surface area contributed by atoms with Crippen LogP contribution in [-0.2, 0) is 4.79 Å². The molecule has 0 amide bonds. The molecule has 88 valence electrons. The van der Waals surface area contributed by atoms with Crippen molar-refractivity contribution in [1.29, 1.82) is 5.26 Å². The van der Waals surface area contributed by atoms with Crippen molar-refractivity contribution in [1.82, 2.24) is 4.90 Å². The molecule has 0 aromatic rings.